The van der Waals surface area contributed by atoms with Crippen molar-refractivity contribution in [2.24, 2.45) is 11.1 Å². The molecule has 0 bridgehead atoms. The van der Waals surface area contributed by atoms with Crippen LogP contribution in [-0.4, -0.2) is 12.1 Å². The lowest BCUT2D eigenvalue weighted by molar-refractivity contribution is 0.0672. The summed E-state index contributed by atoms with van der Waals surface area (Å²) in [5.74, 6) is 1.43. The number of hydrogen-bond donors (Lipinski definition) is 1. The molecule has 0 radical (unpaired) electrons. The molecule has 1 rings (SSSR count). The maximum absolute atomic E-state index is 6.29. The highest BCUT2D eigenvalue weighted by molar-refractivity contribution is 5.39. The summed E-state index contributed by atoms with van der Waals surface area (Å²) in [6, 6.07) is 6.42. The predicted octanol–water partition coefficient (Wildman–Crippen LogP) is 4.26. The molecule has 0 aliphatic rings. The molecule has 2 nitrogen and oxygen atoms in total. The smallest absolute Gasteiger partial charge is 0.123 e. The van der Waals surface area contributed by atoms with Crippen molar-refractivity contribution in [3.05, 3.63) is 29.3 Å². The maximum atomic E-state index is 6.29. The fourth-order valence-corrected chi connectivity index (χ4v) is 2.43. The number of benzene rings is 1. The van der Waals surface area contributed by atoms with Gasteiger partial charge in [0.15, 0.2) is 0 Å². The Morgan fingerprint density at radius 1 is 1.11 bits per heavy atom. The van der Waals surface area contributed by atoms with E-state index in [1.54, 1.807) is 0 Å². The number of hydrogen-bond acceptors (Lipinski definition) is 2. The van der Waals surface area contributed by atoms with E-state index in [2.05, 4.69) is 59.7 Å². The van der Waals surface area contributed by atoms with Crippen molar-refractivity contribution in [3.63, 3.8) is 0 Å². The Kier molecular flexibility index (Phi) is 5.03. The van der Waals surface area contributed by atoms with Gasteiger partial charge in [-0.25, -0.2) is 0 Å². The van der Waals surface area contributed by atoms with Gasteiger partial charge in [-0.2, -0.15) is 0 Å². The van der Waals surface area contributed by atoms with E-state index < -0.39 is 0 Å². The largest absolute Gasteiger partial charge is 0.488 e. The SMILES string of the molecule is Cc1ccc(C(C)C)c(OC(C(C)N)C(C)(C)C)c1. The molecule has 0 spiro atoms. The molecule has 0 aliphatic heterocycles. The zero-order chi connectivity index (χ0) is 14.8. The van der Waals surface area contributed by atoms with Crippen molar-refractivity contribution < 1.29 is 4.74 Å². The molecule has 0 saturated carbocycles. The summed E-state index contributed by atoms with van der Waals surface area (Å²) < 4.78 is 6.29. The molecule has 2 unspecified atom stereocenters. The van der Waals surface area contributed by atoms with Crippen LogP contribution in [0.4, 0.5) is 0 Å². The molecule has 0 heterocycles. The van der Waals surface area contributed by atoms with Gasteiger partial charge in [0.05, 0.1) is 0 Å². The zero-order valence-electron chi connectivity index (χ0n) is 13.4. The highest BCUT2D eigenvalue weighted by Crippen LogP contribution is 2.32. The molecule has 2 N–H and O–H groups in total. The standard InChI is InChI=1S/C17H29NO/c1-11(2)14-9-8-12(3)10-15(14)19-16(13(4)18)17(5,6)7/h8-11,13,16H,18H2,1-7H3. The summed E-state index contributed by atoms with van der Waals surface area (Å²) >= 11 is 0. The predicted molar refractivity (Wildman–Crippen MR) is 82.8 cm³/mol. The van der Waals surface area contributed by atoms with Gasteiger partial charge in [-0.05, 0) is 37.0 Å². The third-order valence-electron chi connectivity index (χ3n) is 3.38. The lowest BCUT2D eigenvalue weighted by Crippen LogP contribution is -2.45. The van der Waals surface area contributed by atoms with Gasteiger partial charge in [-0.1, -0.05) is 46.8 Å². The van der Waals surface area contributed by atoms with Crippen LogP contribution in [0.25, 0.3) is 0 Å². The van der Waals surface area contributed by atoms with E-state index in [1.165, 1.54) is 11.1 Å². The zero-order valence-corrected chi connectivity index (χ0v) is 13.4. The highest BCUT2D eigenvalue weighted by atomic mass is 16.5. The van der Waals surface area contributed by atoms with Gasteiger partial charge < -0.3 is 10.5 Å². The van der Waals surface area contributed by atoms with Gasteiger partial charge in [0.2, 0.25) is 0 Å². The Balaban J connectivity index is 3.12. The normalized spacial score (nSPS) is 15.4. The summed E-state index contributed by atoms with van der Waals surface area (Å²) in [4.78, 5) is 0. The van der Waals surface area contributed by atoms with Crippen molar-refractivity contribution in [2.45, 2.75) is 66.5 Å². The Bertz CT molecular complexity index is 416. The molecule has 0 aliphatic carbocycles. The Labute approximate surface area is 118 Å². The molecule has 0 fully saturated rings. The van der Waals surface area contributed by atoms with Gasteiger partial charge >= 0.3 is 0 Å². The molecule has 2 heteroatoms. The van der Waals surface area contributed by atoms with E-state index in [4.69, 9.17) is 10.5 Å². The van der Waals surface area contributed by atoms with Crippen LogP contribution in [0, 0.1) is 12.3 Å². The minimum Gasteiger partial charge on any atom is -0.488 e. The molecule has 0 saturated heterocycles. The minimum absolute atomic E-state index is 0.000486. The van der Waals surface area contributed by atoms with Crippen molar-refractivity contribution in [2.75, 3.05) is 0 Å². The van der Waals surface area contributed by atoms with Crippen LogP contribution in [0.2, 0.25) is 0 Å². The molecule has 0 aromatic heterocycles. The first kappa shape index (κ1) is 16.0. The number of rotatable bonds is 4. The first-order chi connectivity index (χ1) is 8.62. The van der Waals surface area contributed by atoms with Crippen molar-refractivity contribution >= 4 is 0 Å². The fraction of sp³-hybridized carbons (Fsp3) is 0.647. The summed E-state index contributed by atoms with van der Waals surface area (Å²) in [5, 5.41) is 0. The van der Waals surface area contributed by atoms with Crippen LogP contribution in [0.1, 0.15) is 58.6 Å². The van der Waals surface area contributed by atoms with E-state index >= 15 is 0 Å². The summed E-state index contributed by atoms with van der Waals surface area (Å²) in [6.07, 6.45) is 0.00630. The van der Waals surface area contributed by atoms with Crippen LogP contribution < -0.4 is 10.5 Å². The number of nitrogens with two attached hydrogens (primary N) is 1. The van der Waals surface area contributed by atoms with Gasteiger partial charge in [0.25, 0.3) is 0 Å². The van der Waals surface area contributed by atoms with E-state index in [0.717, 1.165) is 5.75 Å². The van der Waals surface area contributed by atoms with Crippen LogP contribution >= 0.6 is 0 Å². The monoisotopic (exact) mass is 263 g/mol. The lowest BCUT2D eigenvalue weighted by Gasteiger charge is -2.35. The lowest BCUT2D eigenvalue weighted by atomic mass is 9.85. The molecule has 1 aromatic rings. The van der Waals surface area contributed by atoms with E-state index in [0.29, 0.717) is 5.92 Å². The Morgan fingerprint density at radius 3 is 2.11 bits per heavy atom. The second-order valence-corrected chi connectivity index (χ2v) is 6.96. The number of aryl methyl sites for hydroxylation is 1. The quantitative estimate of drug-likeness (QED) is 0.881. The van der Waals surface area contributed by atoms with Crippen molar-refractivity contribution in [3.8, 4) is 5.75 Å². The van der Waals surface area contributed by atoms with Crippen molar-refractivity contribution in [1.82, 2.24) is 0 Å². The summed E-state index contributed by atoms with van der Waals surface area (Å²) in [6.45, 7) is 15.0. The minimum atomic E-state index is 0.000486. The van der Waals surface area contributed by atoms with Crippen LogP contribution in [0.15, 0.2) is 18.2 Å². The first-order valence-electron chi connectivity index (χ1n) is 7.15. The third-order valence-corrected chi connectivity index (χ3v) is 3.38. The topological polar surface area (TPSA) is 35.2 Å². The average Bonchev–Trinajstić information content (AvgIpc) is 2.23. The van der Waals surface area contributed by atoms with E-state index in [9.17, 15) is 0 Å². The van der Waals surface area contributed by atoms with E-state index in [-0.39, 0.29) is 17.6 Å². The van der Waals surface area contributed by atoms with Gasteiger partial charge in [-0.15, -0.1) is 0 Å². The first-order valence-corrected chi connectivity index (χ1v) is 7.15. The summed E-state index contributed by atoms with van der Waals surface area (Å²) in [5.41, 5.74) is 8.60. The van der Waals surface area contributed by atoms with Crippen LogP contribution in [0.5, 0.6) is 5.75 Å². The van der Waals surface area contributed by atoms with Gasteiger partial charge in [-0.3, -0.25) is 0 Å². The molecule has 108 valence electrons. The Morgan fingerprint density at radius 2 is 1.68 bits per heavy atom. The molecule has 19 heavy (non-hydrogen) atoms. The van der Waals surface area contributed by atoms with E-state index in [1.807, 2.05) is 6.92 Å². The van der Waals surface area contributed by atoms with Crippen LogP contribution in [-0.2, 0) is 0 Å². The van der Waals surface area contributed by atoms with Crippen LogP contribution in [0.3, 0.4) is 0 Å². The average molecular weight is 263 g/mol. The second-order valence-electron chi connectivity index (χ2n) is 6.96. The molecule has 1 aromatic carbocycles. The molecular weight excluding hydrogens is 234 g/mol. The molecule has 0 amide bonds. The Hall–Kier alpha value is -1.02. The van der Waals surface area contributed by atoms with Gasteiger partial charge in [0.1, 0.15) is 11.9 Å². The third kappa shape index (κ3) is 4.24. The highest BCUT2D eigenvalue weighted by Gasteiger charge is 2.30. The maximum Gasteiger partial charge on any atom is 0.123 e. The summed E-state index contributed by atoms with van der Waals surface area (Å²) in [7, 11) is 0. The van der Waals surface area contributed by atoms with Gasteiger partial charge in [0, 0.05) is 11.5 Å². The second kappa shape index (κ2) is 5.96. The van der Waals surface area contributed by atoms with Crippen molar-refractivity contribution in [1.29, 1.82) is 0 Å². The molecular formula is C17H29NO. The fourth-order valence-electron chi connectivity index (χ4n) is 2.43. The number of ether oxygens (including phenoxy) is 1. The molecule has 2 atom stereocenters.